The summed E-state index contributed by atoms with van der Waals surface area (Å²) in [4.78, 5) is 15.6. The fourth-order valence-electron chi connectivity index (χ4n) is 1.70. The van der Waals surface area contributed by atoms with E-state index in [1.54, 1.807) is 26.0 Å². The van der Waals surface area contributed by atoms with E-state index in [-0.39, 0.29) is 26.4 Å². The monoisotopic (exact) mass is 339 g/mol. The molecule has 2 aromatic rings. The number of benzene rings is 1. The lowest BCUT2D eigenvalue weighted by Gasteiger charge is -2.10. The third-order valence-corrected chi connectivity index (χ3v) is 4.91. The second-order valence-electron chi connectivity index (χ2n) is 4.73. The second-order valence-corrected chi connectivity index (χ2v) is 7.09. The summed E-state index contributed by atoms with van der Waals surface area (Å²) in [6, 6.07) is 6.07. The van der Waals surface area contributed by atoms with Gasteiger partial charge in [0.25, 0.3) is 0 Å². The summed E-state index contributed by atoms with van der Waals surface area (Å²) in [7, 11) is -1.42. The zero-order chi connectivity index (χ0) is 16.3. The van der Waals surface area contributed by atoms with Crippen molar-refractivity contribution in [3.63, 3.8) is 0 Å². The molecule has 0 aliphatic heterocycles. The first-order valence-electron chi connectivity index (χ1n) is 6.45. The molecule has 0 aliphatic carbocycles. The highest BCUT2D eigenvalue weighted by atomic mass is 35.5. The van der Waals surface area contributed by atoms with E-state index < -0.39 is 16.8 Å². The van der Waals surface area contributed by atoms with Crippen molar-refractivity contribution >= 4 is 40.3 Å². The second kappa shape index (κ2) is 6.89. The van der Waals surface area contributed by atoms with Gasteiger partial charge in [-0.3, -0.25) is 9.20 Å². The molecule has 0 fully saturated rings. The van der Waals surface area contributed by atoms with E-state index in [9.17, 15) is 14.1 Å². The van der Waals surface area contributed by atoms with Gasteiger partial charge in [-0.2, -0.15) is 0 Å². The number of furan rings is 1. The Morgan fingerprint density at radius 1 is 1.45 bits per heavy atom. The van der Waals surface area contributed by atoms with Crippen LogP contribution in [0.2, 0.25) is 5.02 Å². The molecule has 7 heteroatoms. The van der Waals surface area contributed by atoms with E-state index in [4.69, 9.17) is 16.0 Å². The van der Waals surface area contributed by atoms with E-state index >= 15 is 0 Å². The van der Waals surface area contributed by atoms with E-state index in [1.807, 2.05) is 0 Å². The summed E-state index contributed by atoms with van der Waals surface area (Å²) in [5.74, 6) is -0.628. The van der Waals surface area contributed by atoms with Crippen LogP contribution in [0.25, 0.3) is 0 Å². The van der Waals surface area contributed by atoms with Crippen molar-refractivity contribution in [1.82, 2.24) is 0 Å². The Morgan fingerprint density at radius 3 is 2.73 bits per heavy atom. The molecule has 2 rings (SSSR count). The van der Waals surface area contributed by atoms with Crippen LogP contribution in [-0.4, -0.2) is 26.7 Å². The van der Waals surface area contributed by atoms with Crippen molar-refractivity contribution in [2.75, 3.05) is 0 Å². The molecule has 1 unspecified atom stereocenters. The number of rotatable bonds is 5. The van der Waals surface area contributed by atoms with Crippen LogP contribution in [0.15, 0.2) is 44.8 Å². The average molecular weight is 340 g/mol. The number of hydrogen-bond acceptors (Lipinski definition) is 4. The van der Waals surface area contributed by atoms with Gasteiger partial charge >= 0.3 is 5.97 Å². The highest BCUT2D eigenvalue weighted by Crippen LogP contribution is 2.33. The topological polar surface area (TPSA) is 79.9 Å². The normalized spacial score (nSPS) is 12.9. The molecule has 5 nitrogen and oxygen atoms in total. The lowest BCUT2D eigenvalue weighted by atomic mass is 10.2. The van der Waals surface area contributed by atoms with Crippen molar-refractivity contribution in [2.45, 2.75) is 24.0 Å². The number of carboxylic acid groups (broad SMARTS) is 1. The number of aromatic carboxylic acids is 1. The Labute approximate surface area is 135 Å². The summed E-state index contributed by atoms with van der Waals surface area (Å²) < 4.78 is 17.4. The molecule has 1 aromatic heterocycles. The first-order chi connectivity index (χ1) is 10.4. The first-order valence-corrected chi connectivity index (χ1v) is 8.04. The van der Waals surface area contributed by atoms with E-state index in [2.05, 4.69) is 4.99 Å². The van der Waals surface area contributed by atoms with Crippen LogP contribution in [0.1, 0.15) is 30.0 Å². The van der Waals surface area contributed by atoms with Gasteiger partial charge in [0, 0.05) is 5.25 Å². The van der Waals surface area contributed by atoms with Gasteiger partial charge in [-0.05, 0) is 24.3 Å². The predicted octanol–water partition coefficient (Wildman–Crippen LogP) is 3.90. The third-order valence-electron chi connectivity index (χ3n) is 2.79. The molecule has 0 aliphatic rings. The quantitative estimate of drug-likeness (QED) is 0.838. The van der Waals surface area contributed by atoms with Gasteiger partial charge in [-0.15, -0.1) is 0 Å². The number of nitrogens with zero attached hydrogens (tertiary/aromatic N) is 1. The van der Waals surface area contributed by atoms with Crippen molar-refractivity contribution in [3.05, 3.63) is 46.9 Å². The molecule has 22 heavy (non-hydrogen) atoms. The van der Waals surface area contributed by atoms with Crippen LogP contribution < -0.4 is 0 Å². The van der Waals surface area contributed by atoms with Gasteiger partial charge in [-0.25, -0.2) is 4.79 Å². The number of carboxylic acids is 1. The number of carbonyl (C=O) groups is 1. The summed E-state index contributed by atoms with van der Waals surface area (Å²) in [5, 5.41) is 9.17. The van der Waals surface area contributed by atoms with E-state index in [0.29, 0.717) is 5.76 Å². The van der Waals surface area contributed by atoms with Crippen molar-refractivity contribution < 1.29 is 18.5 Å². The SMILES string of the molecule is CC(C)S(=O)c1cc(C(=O)O)cc(N=Cc2ccco2)c1Cl. The summed E-state index contributed by atoms with van der Waals surface area (Å²) in [6.07, 6.45) is 2.92. The minimum absolute atomic E-state index is 0.0139. The summed E-state index contributed by atoms with van der Waals surface area (Å²) >= 11 is 6.23. The van der Waals surface area contributed by atoms with Crippen LogP contribution in [0.5, 0.6) is 0 Å². The lowest BCUT2D eigenvalue weighted by Crippen LogP contribution is -2.08. The molecule has 0 saturated heterocycles. The fraction of sp³-hybridized carbons (Fsp3) is 0.200. The fourth-order valence-corrected chi connectivity index (χ4v) is 3.12. The van der Waals surface area contributed by atoms with Crippen molar-refractivity contribution in [2.24, 2.45) is 4.99 Å². The Hall–Kier alpha value is -1.92. The average Bonchev–Trinajstić information content (AvgIpc) is 2.98. The smallest absolute Gasteiger partial charge is 0.335 e. The van der Waals surface area contributed by atoms with E-state index in [0.717, 1.165) is 0 Å². The molecule has 1 aromatic carbocycles. The van der Waals surface area contributed by atoms with Gasteiger partial charge in [0.15, 0.2) is 0 Å². The van der Waals surface area contributed by atoms with Gasteiger partial charge < -0.3 is 9.52 Å². The zero-order valence-corrected chi connectivity index (χ0v) is 13.5. The molecule has 0 bridgehead atoms. The number of halogens is 1. The summed E-state index contributed by atoms with van der Waals surface area (Å²) in [5.41, 5.74) is 0.224. The van der Waals surface area contributed by atoms with Crippen molar-refractivity contribution in [1.29, 1.82) is 0 Å². The molecule has 0 saturated carbocycles. The molecule has 1 atom stereocenters. The minimum Gasteiger partial charge on any atom is -0.478 e. The highest BCUT2D eigenvalue weighted by Gasteiger charge is 2.19. The standard InChI is InChI=1S/C15H14ClNO4S/c1-9(2)22(20)13-7-10(15(18)19)6-12(14(13)16)17-8-11-4-3-5-21-11/h3-9H,1-2H3,(H,18,19). The predicted molar refractivity (Wildman–Crippen MR) is 85.9 cm³/mol. The van der Waals surface area contributed by atoms with Crippen molar-refractivity contribution in [3.8, 4) is 0 Å². The lowest BCUT2D eigenvalue weighted by molar-refractivity contribution is 0.0696. The molecule has 1 N–H and O–H groups in total. The molecular formula is C15H14ClNO4S. The highest BCUT2D eigenvalue weighted by molar-refractivity contribution is 7.85. The molecule has 0 spiro atoms. The number of aliphatic imine (C=N–C) groups is 1. The van der Waals surface area contributed by atoms with Crippen LogP contribution in [0.3, 0.4) is 0 Å². The molecule has 0 amide bonds. The zero-order valence-electron chi connectivity index (χ0n) is 11.9. The minimum atomic E-state index is -1.42. The maximum atomic E-state index is 12.3. The Morgan fingerprint density at radius 2 is 2.18 bits per heavy atom. The van der Waals surface area contributed by atoms with Crippen LogP contribution in [0, 0.1) is 0 Å². The first kappa shape index (κ1) is 16.5. The van der Waals surface area contributed by atoms with Gasteiger partial charge in [0.05, 0.1) is 44.4 Å². The molecule has 1 heterocycles. The number of hydrogen-bond donors (Lipinski definition) is 1. The summed E-state index contributed by atoms with van der Waals surface area (Å²) in [6.45, 7) is 3.54. The van der Waals surface area contributed by atoms with Crippen LogP contribution in [0.4, 0.5) is 5.69 Å². The van der Waals surface area contributed by atoms with Crippen LogP contribution >= 0.6 is 11.6 Å². The molecular weight excluding hydrogens is 326 g/mol. The molecule has 0 radical (unpaired) electrons. The largest absolute Gasteiger partial charge is 0.478 e. The van der Waals surface area contributed by atoms with Gasteiger partial charge in [-0.1, -0.05) is 25.4 Å². The maximum absolute atomic E-state index is 12.3. The Balaban J connectivity index is 2.52. The van der Waals surface area contributed by atoms with Gasteiger partial charge in [0.1, 0.15) is 5.76 Å². The van der Waals surface area contributed by atoms with Crippen LogP contribution in [-0.2, 0) is 10.8 Å². The van der Waals surface area contributed by atoms with E-state index in [1.165, 1.54) is 24.6 Å². The maximum Gasteiger partial charge on any atom is 0.335 e. The van der Waals surface area contributed by atoms with Gasteiger partial charge in [0.2, 0.25) is 0 Å². The molecule has 116 valence electrons. The Kier molecular flexibility index (Phi) is 5.15. The Bertz CT molecular complexity index is 738. The third kappa shape index (κ3) is 3.64.